The summed E-state index contributed by atoms with van der Waals surface area (Å²) in [5.41, 5.74) is 6.77. The summed E-state index contributed by atoms with van der Waals surface area (Å²) in [5, 5.41) is 0. The van der Waals surface area contributed by atoms with Gasteiger partial charge in [-0.25, -0.2) is 0 Å². The van der Waals surface area contributed by atoms with Gasteiger partial charge in [-0.2, -0.15) is 0 Å². The molecule has 1 aromatic carbocycles. The molecule has 1 rings (SSSR count). The van der Waals surface area contributed by atoms with Crippen molar-refractivity contribution in [1.82, 2.24) is 0 Å². The molecule has 0 unspecified atom stereocenters. The van der Waals surface area contributed by atoms with E-state index in [1.54, 1.807) is 14.2 Å². The van der Waals surface area contributed by atoms with E-state index >= 15 is 0 Å². The lowest BCUT2D eigenvalue weighted by Crippen LogP contribution is -2.05. The Morgan fingerprint density at radius 1 is 1.15 bits per heavy atom. The van der Waals surface area contributed by atoms with E-state index in [9.17, 15) is 0 Å². The predicted octanol–water partition coefficient (Wildman–Crippen LogP) is 1.72. The molecule has 0 amide bonds. The molecule has 0 fully saturated rings. The van der Waals surface area contributed by atoms with E-state index in [2.05, 4.69) is 0 Å². The number of hydrogen-bond donors (Lipinski definition) is 1. The van der Waals surface area contributed by atoms with Gasteiger partial charge in [-0.1, -0.05) is 6.07 Å². The van der Waals surface area contributed by atoms with Gasteiger partial charge >= 0.3 is 0 Å². The Labute approximate surface area is 78.5 Å². The molecule has 0 bridgehead atoms. The van der Waals surface area contributed by atoms with E-state index < -0.39 is 0 Å². The van der Waals surface area contributed by atoms with Crippen molar-refractivity contribution in [1.29, 1.82) is 0 Å². The lowest BCUT2D eigenvalue weighted by Gasteiger charge is -2.11. The summed E-state index contributed by atoms with van der Waals surface area (Å²) >= 11 is 0. The van der Waals surface area contributed by atoms with E-state index in [1.165, 1.54) is 0 Å². The summed E-state index contributed by atoms with van der Waals surface area (Å²) in [4.78, 5) is 0. The normalized spacial score (nSPS) is 12.3. The number of benzene rings is 1. The summed E-state index contributed by atoms with van der Waals surface area (Å²) in [5.74, 6) is 1.45. The van der Waals surface area contributed by atoms with Crippen molar-refractivity contribution >= 4 is 0 Å². The van der Waals surface area contributed by atoms with Crippen molar-refractivity contribution in [3.8, 4) is 11.5 Å². The highest BCUT2D eigenvalue weighted by Gasteiger charge is 2.06. The smallest absolute Gasteiger partial charge is 0.161 e. The first-order valence-electron chi connectivity index (χ1n) is 4.16. The third-order valence-electron chi connectivity index (χ3n) is 1.93. The second-order valence-electron chi connectivity index (χ2n) is 2.90. The summed E-state index contributed by atoms with van der Waals surface area (Å²) in [6, 6.07) is 5.70. The minimum atomic E-state index is 0.0137. The number of ether oxygens (including phenoxy) is 2. The van der Waals surface area contributed by atoms with Crippen molar-refractivity contribution in [2.45, 2.75) is 13.0 Å². The molecule has 2 N–H and O–H groups in total. The minimum absolute atomic E-state index is 0.0137. The second-order valence-corrected chi connectivity index (χ2v) is 2.90. The zero-order valence-electron chi connectivity index (χ0n) is 8.20. The van der Waals surface area contributed by atoms with Crippen LogP contribution in [0.3, 0.4) is 0 Å². The van der Waals surface area contributed by atoms with Crippen LogP contribution in [0.25, 0.3) is 0 Å². The van der Waals surface area contributed by atoms with Gasteiger partial charge in [0.15, 0.2) is 11.5 Å². The van der Waals surface area contributed by atoms with Crippen molar-refractivity contribution < 1.29 is 9.47 Å². The molecule has 1 atom stereocenters. The zero-order chi connectivity index (χ0) is 9.84. The van der Waals surface area contributed by atoms with Crippen LogP contribution < -0.4 is 15.2 Å². The molecule has 0 saturated carbocycles. The first kappa shape index (κ1) is 9.86. The SMILES string of the molecule is COc1ccc([C@H](C)N)cc1OC. The first-order chi connectivity index (χ1) is 6.19. The number of methoxy groups -OCH3 is 2. The molecule has 1 aromatic rings. The van der Waals surface area contributed by atoms with Crippen LogP contribution in [0.15, 0.2) is 18.2 Å². The minimum Gasteiger partial charge on any atom is -0.493 e. The van der Waals surface area contributed by atoms with E-state index in [-0.39, 0.29) is 6.04 Å². The fraction of sp³-hybridized carbons (Fsp3) is 0.400. The van der Waals surface area contributed by atoms with Crippen LogP contribution in [0.5, 0.6) is 11.5 Å². The molecule has 3 heteroatoms. The molecule has 0 aliphatic carbocycles. The molecular weight excluding hydrogens is 166 g/mol. The lowest BCUT2D eigenvalue weighted by atomic mass is 10.1. The molecule has 0 heterocycles. The average molecular weight is 181 g/mol. The fourth-order valence-corrected chi connectivity index (χ4v) is 1.14. The maximum absolute atomic E-state index is 5.73. The summed E-state index contributed by atoms with van der Waals surface area (Å²) in [6.45, 7) is 1.93. The maximum atomic E-state index is 5.73. The molecular formula is C10H15NO2. The third-order valence-corrected chi connectivity index (χ3v) is 1.93. The summed E-state index contributed by atoms with van der Waals surface area (Å²) in [6.07, 6.45) is 0. The number of rotatable bonds is 3. The molecule has 0 aromatic heterocycles. The van der Waals surface area contributed by atoms with Crippen LogP contribution in [-0.4, -0.2) is 14.2 Å². The molecule has 72 valence electrons. The second kappa shape index (κ2) is 4.14. The van der Waals surface area contributed by atoms with Crippen molar-refractivity contribution in [3.05, 3.63) is 23.8 Å². The fourth-order valence-electron chi connectivity index (χ4n) is 1.14. The van der Waals surface area contributed by atoms with Gasteiger partial charge < -0.3 is 15.2 Å². The quantitative estimate of drug-likeness (QED) is 0.772. The number of nitrogens with two attached hydrogens (primary N) is 1. The van der Waals surface area contributed by atoms with Crippen LogP contribution in [0.2, 0.25) is 0 Å². The van der Waals surface area contributed by atoms with Crippen LogP contribution in [-0.2, 0) is 0 Å². The van der Waals surface area contributed by atoms with E-state index in [4.69, 9.17) is 15.2 Å². The lowest BCUT2D eigenvalue weighted by molar-refractivity contribution is 0.354. The molecule has 0 radical (unpaired) electrons. The Kier molecular flexibility index (Phi) is 3.14. The van der Waals surface area contributed by atoms with Gasteiger partial charge in [-0.15, -0.1) is 0 Å². The Hall–Kier alpha value is -1.22. The van der Waals surface area contributed by atoms with Gasteiger partial charge in [-0.05, 0) is 24.6 Å². The Morgan fingerprint density at radius 2 is 1.77 bits per heavy atom. The van der Waals surface area contributed by atoms with Gasteiger partial charge in [0.1, 0.15) is 0 Å². The van der Waals surface area contributed by atoms with E-state index in [0.717, 1.165) is 17.1 Å². The van der Waals surface area contributed by atoms with E-state index in [0.29, 0.717) is 0 Å². The zero-order valence-corrected chi connectivity index (χ0v) is 8.20. The van der Waals surface area contributed by atoms with Crippen LogP contribution in [0, 0.1) is 0 Å². The van der Waals surface area contributed by atoms with Gasteiger partial charge in [-0.3, -0.25) is 0 Å². The number of hydrogen-bond acceptors (Lipinski definition) is 3. The Morgan fingerprint density at radius 3 is 2.23 bits per heavy atom. The average Bonchev–Trinajstić information content (AvgIpc) is 2.16. The molecule has 0 aliphatic heterocycles. The van der Waals surface area contributed by atoms with Crippen molar-refractivity contribution in [3.63, 3.8) is 0 Å². The summed E-state index contributed by atoms with van der Waals surface area (Å²) < 4.78 is 10.3. The highest BCUT2D eigenvalue weighted by Crippen LogP contribution is 2.29. The maximum Gasteiger partial charge on any atom is 0.161 e. The van der Waals surface area contributed by atoms with E-state index in [1.807, 2.05) is 25.1 Å². The molecule has 0 saturated heterocycles. The largest absolute Gasteiger partial charge is 0.493 e. The third kappa shape index (κ3) is 2.12. The predicted molar refractivity (Wildman–Crippen MR) is 52.1 cm³/mol. The molecule has 0 aliphatic rings. The van der Waals surface area contributed by atoms with Gasteiger partial charge in [0.05, 0.1) is 14.2 Å². The Balaban J connectivity index is 3.05. The Bertz CT molecular complexity index is 284. The molecule has 0 spiro atoms. The molecule has 3 nitrogen and oxygen atoms in total. The van der Waals surface area contributed by atoms with Gasteiger partial charge in [0, 0.05) is 6.04 Å². The van der Waals surface area contributed by atoms with Gasteiger partial charge in [0.25, 0.3) is 0 Å². The van der Waals surface area contributed by atoms with Crippen LogP contribution in [0.1, 0.15) is 18.5 Å². The van der Waals surface area contributed by atoms with Gasteiger partial charge in [0.2, 0.25) is 0 Å². The van der Waals surface area contributed by atoms with Crippen LogP contribution in [0.4, 0.5) is 0 Å². The standard InChI is InChI=1S/C10H15NO2/c1-7(11)8-4-5-9(12-2)10(6-8)13-3/h4-7H,11H2,1-3H3/t7-/m0/s1. The summed E-state index contributed by atoms with van der Waals surface area (Å²) in [7, 11) is 3.23. The van der Waals surface area contributed by atoms with Crippen LogP contribution >= 0.6 is 0 Å². The highest BCUT2D eigenvalue weighted by molar-refractivity contribution is 5.43. The van der Waals surface area contributed by atoms with Crippen molar-refractivity contribution in [2.24, 2.45) is 5.73 Å². The molecule has 13 heavy (non-hydrogen) atoms. The first-order valence-corrected chi connectivity index (χ1v) is 4.16. The monoisotopic (exact) mass is 181 g/mol. The highest BCUT2D eigenvalue weighted by atomic mass is 16.5. The topological polar surface area (TPSA) is 44.5 Å². The van der Waals surface area contributed by atoms with Crippen molar-refractivity contribution in [2.75, 3.05) is 14.2 Å².